The summed E-state index contributed by atoms with van der Waals surface area (Å²) in [4.78, 5) is 18.3. The third-order valence-corrected chi connectivity index (χ3v) is 4.63. The first-order valence-corrected chi connectivity index (χ1v) is 9.30. The van der Waals surface area contributed by atoms with Crippen LogP contribution < -0.4 is 4.74 Å². The van der Waals surface area contributed by atoms with Gasteiger partial charge in [0.15, 0.2) is 0 Å². The van der Waals surface area contributed by atoms with Crippen molar-refractivity contribution >= 4 is 21.8 Å². The summed E-state index contributed by atoms with van der Waals surface area (Å²) in [7, 11) is 3.37. The Balaban J connectivity index is 1.55. The van der Waals surface area contributed by atoms with Crippen molar-refractivity contribution in [3.63, 3.8) is 0 Å². The first-order valence-electron chi connectivity index (χ1n) is 8.50. The molecule has 0 radical (unpaired) electrons. The van der Waals surface area contributed by atoms with Crippen LogP contribution in [-0.2, 0) is 17.8 Å². The van der Waals surface area contributed by atoms with Crippen LogP contribution in [0.1, 0.15) is 17.9 Å². The Hall–Kier alpha value is -2.67. The molecule has 1 heterocycles. The maximum absolute atomic E-state index is 12.4. The molecule has 0 atom stereocenters. The van der Waals surface area contributed by atoms with E-state index in [2.05, 4.69) is 26.1 Å². The molecule has 0 aliphatic carbocycles. The van der Waals surface area contributed by atoms with Crippen LogP contribution in [0, 0.1) is 0 Å². The van der Waals surface area contributed by atoms with Gasteiger partial charge in [0.05, 0.1) is 13.7 Å². The summed E-state index contributed by atoms with van der Waals surface area (Å²) in [6.45, 7) is 0.280. The predicted octanol–water partition coefficient (Wildman–Crippen LogP) is 4.10. The van der Waals surface area contributed by atoms with Gasteiger partial charge in [0.1, 0.15) is 5.75 Å². The molecule has 6 nitrogen and oxygen atoms in total. The first kappa shape index (κ1) is 19.1. The largest absolute Gasteiger partial charge is 0.497 e. The van der Waals surface area contributed by atoms with Crippen molar-refractivity contribution < 1.29 is 14.1 Å². The SMILES string of the molecule is COc1ccc(CCC(=O)N(C)Cc2nc(-c3cccc(Br)c3)no2)cc1. The minimum atomic E-state index is 0.0213. The molecule has 0 aliphatic rings. The molecule has 0 aliphatic heterocycles. The number of nitrogens with zero attached hydrogens (tertiary/aromatic N) is 3. The highest BCUT2D eigenvalue weighted by molar-refractivity contribution is 9.10. The topological polar surface area (TPSA) is 68.5 Å². The zero-order valence-electron chi connectivity index (χ0n) is 15.2. The minimum absolute atomic E-state index is 0.0213. The highest BCUT2D eigenvalue weighted by Gasteiger charge is 2.15. The summed E-state index contributed by atoms with van der Waals surface area (Å²) >= 11 is 3.42. The van der Waals surface area contributed by atoms with Crippen LogP contribution in [0.3, 0.4) is 0 Å². The van der Waals surface area contributed by atoms with E-state index in [1.165, 1.54) is 0 Å². The van der Waals surface area contributed by atoms with E-state index in [1.807, 2.05) is 48.5 Å². The molecule has 0 bridgehead atoms. The number of halogens is 1. The monoisotopic (exact) mass is 429 g/mol. The fraction of sp³-hybridized carbons (Fsp3) is 0.250. The number of amides is 1. The normalized spacial score (nSPS) is 10.6. The molecular weight excluding hydrogens is 410 g/mol. The number of carbonyl (C=O) groups excluding carboxylic acids is 1. The van der Waals surface area contributed by atoms with E-state index in [9.17, 15) is 4.79 Å². The molecule has 0 unspecified atom stereocenters. The summed E-state index contributed by atoms with van der Waals surface area (Å²) in [6, 6.07) is 15.4. The molecule has 2 aromatic carbocycles. The summed E-state index contributed by atoms with van der Waals surface area (Å²) in [6.07, 6.45) is 1.08. The number of ether oxygens (including phenoxy) is 1. The lowest BCUT2D eigenvalue weighted by Gasteiger charge is -2.14. The lowest BCUT2D eigenvalue weighted by Crippen LogP contribution is -2.26. The molecular formula is C20H20BrN3O3. The van der Waals surface area contributed by atoms with Crippen LogP contribution in [0.2, 0.25) is 0 Å². The zero-order chi connectivity index (χ0) is 19.2. The average molecular weight is 430 g/mol. The molecule has 140 valence electrons. The molecule has 1 amide bonds. The average Bonchev–Trinajstić information content (AvgIpc) is 3.15. The third kappa shape index (κ3) is 5.17. The van der Waals surface area contributed by atoms with Crippen LogP contribution in [0.15, 0.2) is 57.5 Å². The fourth-order valence-corrected chi connectivity index (χ4v) is 2.99. The van der Waals surface area contributed by atoms with Crippen LogP contribution in [0.4, 0.5) is 0 Å². The molecule has 3 rings (SSSR count). The van der Waals surface area contributed by atoms with E-state index >= 15 is 0 Å². The van der Waals surface area contributed by atoms with Gasteiger partial charge in [0.25, 0.3) is 0 Å². The van der Waals surface area contributed by atoms with Gasteiger partial charge in [0.2, 0.25) is 17.6 Å². The number of methoxy groups -OCH3 is 1. The number of rotatable bonds is 7. The maximum atomic E-state index is 12.4. The number of aryl methyl sites for hydroxylation is 1. The second-order valence-electron chi connectivity index (χ2n) is 6.12. The van der Waals surface area contributed by atoms with Crippen molar-refractivity contribution in [2.45, 2.75) is 19.4 Å². The Bertz CT molecular complexity index is 909. The fourth-order valence-electron chi connectivity index (χ4n) is 2.59. The number of benzene rings is 2. The summed E-state index contributed by atoms with van der Waals surface area (Å²) in [5, 5.41) is 3.99. The van der Waals surface area contributed by atoms with Crippen molar-refractivity contribution in [1.29, 1.82) is 0 Å². The van der Waals surface area contributed by atoms with Crippen molar-refractivity contribution in [3.05, 3.63) is 64.5 Å². The molecule has 0 N–H and O–H groups in total. The van der Waals surface area contributed by atoms with Gasteiger partial charge in [-0.25, -0.2) is 0 Å². The molecule has 0 saturated heterocycles. The van der Waals surface area contributed by atoms with Gasteiger partial charge in [-0.05, 0) is 36.2 Å². The van der Waals surface area contributed by atoms with Gasteiger partial charge < -0.3 is 14.2 Å². The van der Waals surface area contributed by atoms with Gasteiger partial charge >= 0.3 is 0 Å². The summed E-state index contributed by atoms with van der Waals surface area (Å²) in [5.41, 5.74) is 1.94. The lowest BCUT2D eigenvalue weighted by molar-refractivity contribution is -0.130. The van der Waals surface area contributed by atoms with Crippen molar-refractivity contribution in [2.75, 3.05) is 14.2 Å². The molecule has 0 fully saturated rings. The molecule has 7 heteroatoms. The number of carbonyl (C=O) groups is 1. The quantitative estimate of drug-likeness (QED) is 0.565. The van der Waals surface area contributed by atoms with E-state index in [4.69, 9.17) is 9.26 Å². The zero-order valence-corrected chi connectivity index (χ0v) is 16.8. The Morgan fingerprint density at radius 3 is 2.70 bits per heavy atom. The Morgan fingerprint density at radius 1 is 1.22 bits per heavy atom. The Morgan fingerprint density at radius 2 is 2.00 bits per heavy atom. The van der Waals surface area contributed by atoms with Gasteiger partial charge in [-0.1, -0.05) is 45.4 Å². The lowest BCUT2D eigenvalue weighted by atomic mass is 10.1. The highest BCUT2D eigenvalue weighted by Crippen LogP contribution is 2.20. The second-order valence-corrected chi connectivity index (χ2v) is 7.04. The molecule has 0 saturated carbocycles. The standard InChI is InChI=1S/C20H20BrN3O3/c1-24(19(25)11-8-14-6-9-17(26-2)10-7-14)13-18-22-20(23-27-18)15-4-3-5-16(21)12-15/h3-7,9-10,12H,8,11,13H2,1-2H3. The van der Waals surface area contributed by atoms with E-state index in [0.717, 1.165) is 21.3 Å². The van der Waals surface area contributed by atoms with Crippen LogP contribution in [-0.4, -0.2) is 35.1 Å². The Labute approximate surface area is 166 Å². The van der Waals surface area contributed by atoms with E-state index in [0.29, 0.717) is 24.6 Å². The molecule has 27 heavy (non-hydrogen) atoms. The third-order valence-electron chi connectivity index (χ3n) is 4.14. The summed E-state index contributed by atoms with van der Waals surface area (Å²) in [5.74, 6) is 1.74. The van der Waals surface area contributed by atoms with Crippen molar-refractivity contribution in [3.8, 4) is 17.1 Å². The minimum Gasteiger partial charge on any atom is -0.497 e. The molecule has 3 aromatic rings. The first-order chi connectivity index (χ1) is 13.0. The van der Waals surface area contributed by atoms with E-state index in [1.54, 1.807) is 19.1 Å². The summed E-state index contributed by atoms with van der Waals surface area (Å²) < 4.78 is 11.4. The maximum Gasteiger partial charge on any atom is 0.246 e. The highest BCUT2D eigenvalue weighted by atomic mass is 79.9. The van der Waals surface area contributed by atoms with E-state index < -0.39 is 0 Å². The van der Waals surface area contributed by atoms with Crippen LogP contribution >= 0.6 is 15.9 Å². The smallest absolute Gasteiger partial charge is 0.246 e. The number of aromatic nitrogens is 2. The van der Waals surface area contributed by atoms with Gasteiger partial charge in [-0.2, -0.15) is 4.98 Å². The second kappa shape index (κ2) is 8.81. The molecule has 1 aromatic heterocycles. The van der Waals surface area contributed by atoms with Crippen molar-refractivity contribution in [2.24, 2.45) is 0 Å². The number of hydrogen-bond donors (Lipinski definition) is 0. The van der Waals surface area contributed by atoms with Crippen molar-refractivity contribution in [1.82, 2.24) is 15.0 Å². The number of hydrogen-bond acceptors (Lipinski definition) is 5. The van der Waals surface area contributed by atoms with E-state index in [-0.39, 0.29) is 12.5 Å². The van der Waals surface area contributed by atoms with Crippen LogP contribution in [0.25, 0.3) is 11.4 Å². The van der Waals surface area contributed by atoms with Gasteiger partial charge in [0, 0.05) is 23.5 Å². The van der Waals surface area contributed by atoms with Gasteiger partial charge in [-0.15, -0.1) is 0 Å². The van der Waals surface area contributed by atoms with Crippen LogP contribution in [0.5, 0.6) is 5.75 Å². The predicted molar refractivity (Wildman–Crippen MR) is 105 cm³/mol. The van der Waals surface area contributed by atoms with Gasteiger partial charge in [-0.3, -0.25) is 4.79 Å². The Kier molecular flexibility index (Phi) is 6.24. The molecule has 0 spiro atoms.